The van der Waals surface area contributed by atoms with Crippen molar-refractivity contribution < 1.29 is 23.0 Å². The van der Waals surface area contributed by atoms with Crippen molar-refractivity contribution in [1.29, 1.82) is 0 Å². The van der Waals surface area contributed by atoms with Crippen LogP contribution in [-0.4, -0.2) is 23.4 Å². The van der Waals surface area contributed by atoms with E-state index >= 15 is 0 Å². The van der Waals surface area contributed by atoms with Gasteiger partial charge in [0.05, 0.1) is 11.5 Å². The maximum atomic E-state index is 12.3. The van der Waals surface area contributed by atoms with Gasteiger partial charge >= 0.3 is 6.61 Å². The van der Waals surface area contributed by atoms with Crippen molar-refractivity contribution in [3.63, 3.8) is 0 Å². The molecule has 0 bridgehead atoms. The van der Waals surface area contributed by atoms with Gasteiger partial charge in [0.15, 0.2) is 11.5 Å². The van der Waals surface area contributed by atoms with Crippen LogP contribution in [0.25, 0.3) is 6.08 Å². The summed E-state index contributed by atoms with van der Waals surface area (Å²) in [6.45, 7) is -0.892. The normalized spacial score (nSPS) is 16.5. The molecule has 0 aliphatic carbocycles. The molecule has 1 aromatic rings. The van der Waals surface area contributed by atoms with Gasteiger partial charge in [-0.05, 0) is 30.7 Å². The standard InChI is InChI=1S/C13H11F2NO3S2/c1-2-18-9-5-7(3-4-8(9)19-12(14)15)6-10-11(17)16-13(20)21-10/h3-6,12H,2H2,1H3,(H,16,17,20)/b10-6-. The molecule has 1 aliphatic rings. The second kappa shape index (κ2) is 6.86. The number of benzene rings is 1. The number of nitrogens with one attached hydrogen (secondary N) is 1. The van der Waals surface area contributed by atoms with Gasteiger partial charge in [0.25, 0.3) is 5.91 Å². The van der Waals surface area contributed by atoms with Gasteiger partial charge in [-0.25, -0.2) is 0 Å². The zero-order valence-electron chi connectivity index (χ0n) is 10.9. The van der Waals surface area contributed by atoms with Crippen LogP contribution in [0.2, 0.25) is 0 Å². The van der Waals surface area contributed by atoms with Gasteiger partial charge in [-0.2, -0.15) is 8.78 Å². The predicted molar refractivity (Wildman–Crippen MR) is 80.6 cm³/mol. The average Bonchev–Trinajstić information content (AvgIpc) is 2.71. The van der Waals surface area contributed by atoms with Crippen molar-refractivity contribution in [1.82, 2.24) is 5.32 Å². The highest BCUT2D eigenvalue weighted by atomic mass is 32.2. The summed E-state index contributed by atoms with van der Waals surface area (Å²) in [7, 11) is 0. The Morgan fingerprint density at radius 3 is 2.76 bits per heavy atom. The molecule has 1 N–H and O–H groups in total. The first kappa shape index (κ1) is 15.7. The van der Waals surface area contributed by atoms with E-state index in [1.54, 1.807) is 19.1 Å². The highest BCUT2D eigenvalue weighted by Crippen LogP contribution is 2.32. The number of thioether (sulfide) groups is 1. The minimum Gasteiger partial charge on any atom is -0.490 e. The van der Waals surface area contributed by atoms with Gasteiger partial charge in [0.2, 0.25) is 0 Å². The molecule has 21 heavy (non-hydrogen) atoms. The van der Waals surface area contributed by atoms with Crippen LogP contribution in [0.4, 0.5) is 8.78 Å². The number of alkyl halides is 2. The van der Waals surface area contributed by atoms with E-state index in [-0.39, 0.29) is 17.4 Å². The molecule has 0 saturated carbocycles. The Bertz CT molecular complexity index is 605. The van der Waals surface area contributed by atoms with E-state index in [9.17, 15) is 13.6 Å². The summed E-state index contributed by atoms with van der Waals surface area (Å²) in [5, 5.41) is 2.50. The number of hydrogen-bond acceptors (Lipinski definition) is 5. The smallest absolute Gasteiger partial charge is 0.387 e. The first-order valence-corrected chi connectivity index (χ1v) is 7.18. The van der Waals surface area contributed by atoms with Gasteiger partial charge in [-0.1, -0.05) is 30.0 Å². The summed E-state index contributed by atoms with van der Waals surface area (Å²) in [6.07, 6.45) is 1.61. The molecule has 8 heteroatoms. The second-order valence-corrected chi connectivity index (χ2v) is 5.59. The zero-order chi connectivity index (χ0) is 15.4. The molecule has 0 spiro atoms. The average molecular weight is 331 g/mol. The van der Waals surface area contributed by atoms with Gasteiger partial charge < -0.3 is 14.8 Å². The Morgan fingerprint density at radius 1 is 1.43 bits per heavy atom. The lowest BCUT2D eigenvalue weighted by atomic mass is 10.2. The van der Waals surface area contributed by atoms with Crippen LogP contribution in [0, 0.1) is 0 Å². The summed E-state index contributed by atoms with van der Waals surface area (Å²) >= 11 is 6.03. The van der Waals surface area contributed by atoms with Crippen molar-refractivity contribution in [3.8, 4) is 11.5 Å². The van der Waals surface area contributed by atoms with E-state index in [2.05, 4.69) is 10.1 Å². The van der Waals surface area contributed by atoms with Crippen LogP contribution in [0.5, 0.6) is 11.5 Å². The lowest BCUT2D eigenvalue weighted by Gasteiger charge is -2.11. The number of thiocarbonyl (C=S) groups is 1. The molecule has 1 heterocycles. The largest absolute Gasteiger partial charge is 0.490 e. The third-order valence-corrected chi connectivity index (χ3v) is 3.59. The van der Waals surface area contributed by atoms with Crippen molar-refractivity contribution in [3.05, 3.63) is 28.7 Å². The van der Waals surface area contributed by atoms with E-state index < -0.39 is 6.61 Å². The maximum absolute atomic E-state index is 12.3. The van der Waals surface area contributed by atoms with Crippen LogP contribution < -0.4 is 14.8 Å². The Balaban J connectivity index is 2.29. The number of carbonyl (C=O) groups excluding carboxylic acids is 1. The summed E-state index contributed by atoms with van der Waals surface area (Å²) in [4.78, 5) is 12.0. The Labute approximate surface area is 129 Å². The van der Waals surface area contributed by atoms with Gasteiger partial charge in [0, 0.05) is 0 Å². The fourth-order valence-corrected chi connectivity index (χ4v) is 2.69. The van der Waals surface area contributed by atoms with E-state index in [1.165, 1.54) is 12.1 Å². The topological polar surface area (TPSA) is 47.6 Å². The van der Waals surface area contributed by atoms with Crippen molar-refractivity contribution in [2.75, 3.05) is 6.61 Å². The Hall–Kier alpha value is -1.67. The summed E-state index contributed by atoms with van der Waals surface area (Å²) < 4.78 is 34.6. The molecule has 1 aliphatic heterocycles. The molecule has 1 saturated heterocycles. The molecular formula is C13H11F2NO3S2. The number of amides is 1. The Kier molecular flexibility index (Phi) is 5.13. The molecule has 0 unspecified atom stereocenters. The van der Waals surface area contributed by atoms with Crippen LogP contribution in [0.1, 0.15) is 12.5 Å². The molecule has 1 aromatic carbocycles. The predicted octanol–water partition coefficient (Wildman–Crippen LogP) is 3.18. The Morgan fingerprint density at radius 2 is 2.19 bits per heavy atom. The zero-order valence-corrected chi connectivity index (χ0v) is 12.5. The first-order chi connectivity index (χ1) is 9.99. The third kappa shape index (κ3) is 4.15. The second-order valence-electron chi connectivity index (χ2n) is 3.87. The first-order valence-electron chi connectivity index (χ1n) is 5.96. The fraction of sp³-hybridized carbons (Fsp3) is 0.231. The summed E-state index contributed by atoms with van der Waals surface area (Å²) in [5.74, 6) is -0.137. The molecule has 0 aromatic heterocycles. The van der Waals surface area contributed by atoms with Crippen LogP contribution >= 0.6 is 24.0 Å². The van der Waals surface area contributed by atoms with Gasteiger partial charge in [-0.15, -0.1) is 0 Å². The van der Waals surface area contributed by atoms with Crippen LogP contribution in [0.15, 0.2) is 23.1 Å². The molecule has 1 fully saturated rings. The maximum Gasteiger partial charge on any atom is 0.387 e. The number of halogens is 2. The highest BCUT2D eigenvalue weighted by Gasteiger charge is 2.22. The van der Waals surface area contributed by atoms with Crippen molar-refractivity contribution >= 4 is 40.3 Å². The summed E-state index contributed by atoms with van der Waals surface area (Å²) in [6, 6.07) is 4.46. The van der Waals surface area contributed by atoms with E-state index in [0.717, 1.165) is 11.8 Å². The van der Waals surface area contributed by atoms with E-state index in [0.29, 0.717) is 21.4 Å². The quantitative estimate of drug-likeness (QED) is 0.663. The lowest BCUT2D eigenvalue weighted by Crippen LogP contribution is -2.17. The van der Waals surface area contributed by atoms with Crippen molar-refractivity contribution in [2.24, 2.45) is 0 Å². The molecule has 0 atom stereocenters. The lowest BCUT2D eigenvalue weighted by molar-refractivity contribution is -0.115. The minimum absolute atomic E-state index is 0.0481. The molecule has 2 rings (SSSR count). The van der Waals surface area contributed by atoms with Crippen molar-refractivity contribution in [2.45, 2.75) is 13.5 Å². The number of carbonyl (C=O) groups is 1. The number of rotatable bonds is 5. The van der Waals surface area contributed by atoms with Gasteiger partial charge in [0.1, 0.15) is 4.32 Å². The third-order valence-electron chi connectivity index (χ3n) is 2.42. The molecule has 4 nitrogen and oxygen atoms in total. The number of ether oxygens (including phenoxy) is 2. The highest BCUT2D eigenvalue weighted by molar-refractivity contribution is 8.26. The van der Waals surface area contributed by atoms with Gasteiger partial charge in [-0.3, -0.25) is 4.79 Å². The fourth-order valence-electron chi connectivity index (χ4n) is 1.65. The van der Waals surface area contributed by atoms with Crippen LogP contribution in [-0.2, 0) is 4.79 Å². The molecule has 0 radical (unpaired) electrons. The van der Waals surface area contributed by atoms with E-state index in [1.807, 2.05) is 0 Å². The molecular weight excluding hydrogens is 320 g/mol. The molecule has 1 amide bonds. The minimum atomic E-state index is -2.93. The monoisotopic (exact) mass is 331 g/mol. The SMILES string of the molecule is CCOc1cc(/C=C2\SC(=S)NC2=O)ccc1OC(F)F. The number of hydrogen-bond donors (Lipinski definition) is 1. The summed E-state index contributed by atoms with van der Waals surface area (Å²) in [5.41, 5.74) is 0.627. The van der Waals surface area contributed by atoms with Crippen LogP contribution in [0.3, 0.4) is 0 Å². The molecule has 112 valence electrons. The van der Waals surface area contributed by atoms with E-state index in [4.69, 9.17) is 17.0 Å².